The first-order valence-corrected chi connectivity index (χ1v) is 12.0. The molecule has 1 aromatic heterocycles. The number of sulfonamides is 2. The van der Waals surface area contributed by atoms with Crippen molar-refractivity contribution in [3.05, 3.63) is 65.9 Å². The van der Waals surface area contributed by atoms with Gasteiger partial charge in [0, 0.05) is 11.9 Å². The Labute approximate surface area is 185 Å². The van der Waals surface area contributed by atoms with Gasteiger partial charge in [-0.2, -0.15) is 0 Å². The van der Waals surface area contributed by atoms with E-state index in [1.54, 1.807) is 12.1 Å². The Kier molecular flexibility index (Phi) is 6.58. The van der Waals surface area contributed by atoms with E-state index in [1.807, 2.05) is 0 Å². The van der Waals surface area contributed by atoms with E-state index in [-0.39, 0.29) is 26.4 Å². The van der Waals surface area contributed by atoms with Gasteiger partial charge in [-0.25, -0.2) is 21.8 Å². The van der Waals surface area contributed by atoms with Crippen molar-refractivity contribution < 1.29 is 26.3 Å². The first-order chi connectivity index (χ1) is 14.7. The highest BCUT2D eigenvalue weighted by Gasteiger charge is 2.23. The zero-order valence-corrected chi connectivity index (χ0v) is 18.8. The number of rotatable bonds is 8. The van der Waals surface area contributed by atoms with E-state index < -0.39 is 20.0 Å². The molecule has 12 heteroatoms. The number of ether oxygens (including phenoxy) is 2. The van der Waals surface area contributed by atoms with Crippen LogP contribution >= 0.6 is 11.6 Å². The maximum absolute atomic E-state index is 12.8. The van der Waals surface area contributed by atoms with Crippen molar-refractivity contribution in [3.8, 4) is 11.5 Å². The van der Waals surface area contributed by atoms with Gasteiger partial charge in [-0.15, -0.1) is 0 Å². The highest BCUT2D eigenvalue weighted by atomic mass is 35.5. The van der Waals surface area contributed by atoms with Crippen molar-refractivity contribution in [2.45, 2.75) is 9.79 Å². The maximum Gasteiger partial charge on any atom is 0.265 e. The topological polar surface area (TPSA) is 124 Å². The summed E-state index contributed by atoms with van der Waals surface area (Å²) >= 11 is 5.89. The van der Waals surface area contributed by atoms with Crippen LogP contribution in [0.5, 0.6) is 11.5 Å². The number of hydrogen-bond donors (Lipinski definition) is 2. The Morgan fingerprint density at radius 2 is 1.58 bits per heavy atom. The molecule has 0 spiro atoms. The van der Waals surface area contributed by atoms with Crippen LogP contribution in [0.1, 0.15) is 0 Å². The Bertz CT molecular complexity index is 1300. The smallest absolute Gasteiger partial charge is 0.265 e. The van der Waals surface area contributed by atoms with Gasteiger partial charge in [-0.05, 0) is 54.6 Å². The van der Waals surface area contributed by atoms with Crippen molar-refractivity contribution in [3.63, 3.8) is 0 Å². The van der Waals surface area contributed by atoms with Gasteiger partial charge >= 0.3 is 0 Å². The highest BCUT2D eigenvalue weighted by molar-refractivity contribution is 7.93. The van der Waals surface area contributed by atoms with Gasteiger partial charge in [0.1, 0.15) is 21.5 Å². The molecule has 0 aliphatic carbocycles. The predicted molar refractivity (Wildman–Crippen MR) is 117 cm³/mol. The van der Waals surface area contributed by atoms with Crippen LogP contribution in [0.4, 0.5) is 11.4 Å². The fourth-order valence-electron chi connectivity index (χ4n) is 2.58. The Morgan fingerprint density at radius 3 is 2.19 bits per heavy atom. The van der Waals surface area contributed by atoms with E-state index in [4.69, 9.17) is 21.1 Å². The number of hydrogen-bond acceptors (Lipinski definition) is 7. The molecular formula is C19H18ClN3O6S2. The molecule has 0 atom stereocenters. The molecule has 0 saturated heterocycles. The highest BCUT2D eigenvalue weighted by Crippen LogP contribution is 2.31. The number of aromatic nitrogens is 1. The molecule has 0 unspecified atom stereocenters. The van der Waals surface area contributed by atoms with Crippen LogP contribution in [0.15, 0.2) is 70.6 Å². The molecule has 2 N–H and O–H groups in total. The number of benzene rings is 2. The Morgan fingerprint density at radius 1 is 0.871 bits per heavy atom. The summed E-state index contributed by atoms with van der Waals surface area (Å²) < 4.78 is 66.0. The standard InChI is InChI=1S/C19H18ClN3O6S2/c1-28-14-7-5-13(6-8-14)22-30(24,25)15-9-10-17(29-2)16(12-15)23-31(26,27)18-4-3-11-21-19(18)20/h3-12,22-23H,1-2H3. The average molecular weight is 484 g/mol. The van der Waals surface area contributed by atoms with Crippen LogP contribution in [0, 0.1) is 0 Å². The number of nitrogens with zero attached hydrogens (tertiary/aromatic N) is 1. The third kappa shape index (κ3) is 5.19. The fraction of sp³-hybridized carbons (Fsp3) is 0.105. The third-order valence-corrected chi connectivity index (χ3v) is 7.27. The molecule has 0 saturated carbocycles. The number of anilines is 2. The summed E-state index contributed by atoms with van der Waals surface area (Å²) in [5.41, 5.74) is 0.223. The van der Waals surface area contributed by atoms with Crippen LogP contribution in [0.2, 0.25) is 5.15 Å². The van der Waals surface area contributed by atoms with Crippen LogP contribution in [0.25, 0.3) is 0 Å². The van der Waals surface area contributed by atoms with Crippen LogP contribution < -0.4 is 18.9 Å². The summed E-state index contributed by atoms with van der Waals surface area (Å²) in [6.07, 6.45) is 1.35. The predicted octanol–water partition coefficient (Wildman–Crippen LogP) is 3.35. The van der Waals surface area contributed by atoms with E-state index in [1.165, 1.54) is 56.8 Å². The normalized spacial score (nSPS) is 11.6. The second-order valence-electron chi connectivity index (χ2n) is 6.09. The molecule has 0 amide bonds. The summed E-state index contributed by atoms with van der Waals surface area (Å²) in [6, 6.07) is 12.7. The molecule has 0 aliphatic heterocycles. The van der Waals surface area contributed by atoms with Gasteiger partial charge in [0.05, 0.1) is 24.8 Å². The Hall–Kier alpha value is -3.02. The lowest BCUT2D eigenvalue weighted by molar-refractivity contribution is 0.415. The molecule has 1 heterocycles. The van der Waals surface area contributed by atoms with Crippen molar-refractivity contribution in [1.82, 2.24) is 4.98 Å². The quantitative estimate of drug-likeness (QED) is 0.471. The van der Waals surface area contributed by atoms with Crippen molar-refractivity contribution >= 4 is 43.0 Å². The Balaban J connectivity index is 1.95. The lowest BCUT2D eigenvalue weighted by atomic mass is 10.3. The van der Waals surface area contributed by atoms with Gasteiger partial charge in [-0.3, -0.25) is 9.44 Å². The zero-order valence-electron chi connectivity index (χ0n) is 16.4. The molecule has 2 aromatic carbocycles. The number of halogens is 1. The molecular weight excluding hydrogens is 466 g/mol. The van der Waals surface area contributed by atoms with Gasteiger partial charge in [0.25, 0.3) is 20.0 Å². The minimum atomic E-state index is -4.16. The molecule has 3 rings (SSSR count). The zero-order chi connectivity index (χ0) is 22.6. The summed E-state index contributed by atoms with van der Waals surface area (Å²) in [7, 11) is -5.36. The molecule has 164 valence electrons. The molecule has 9 nitrogen and oxygen atoms in total. The van der Waals surface area contributed by atoms with E-state index in [2.05, 4.69) is 14.4 Å². The van der Waals surface area contributed by atoms with E-state index in [9.17, 15) is 16.8 Å². The molecule has 0 radical (unpaired) electrons. The van der Waals surface area contributed by atoms with Gasteiger partial charge < -0.3 is 9.47 Å². The van der Waals surface area contributed by atoms with Gasteiger partial charge in [-0.1, -0.05) is 11.6 Å². The van der Waals surface area contributed by atoms with E-state index >= 15 is 0 Å². The average Bonchev–Trinajstić information content (AvgIpc) is 2.74. The monoisotopic (exact) mass is 483 g/mol. The number of pyridine rings is 1. The lowest BCUT2D eigenvalue weighted by Crippen LogP contribution is -2.16. The summed E-state index contributed by atoms with van der Waals surface area (Å²) in [6.45, 7) is 0. The molecule has 31 heavy (non-hydrogen) atoms. The summed E-state index contributed by atoms with van der Waals surface area (Å²) in [5.74, 6) is 0.685. The van der Waals surface area contributed by atoms with Crippen LogP contribution in [0.3, 0.4) is 0 Å². The lowest BCUT2D eigenvalue weighted by Gasteiger charge is -2.15. The minimum Gasteiger partial charge on any atom is -0.497 e. The third-order valence-electron chi connectivity index (χ3n) is 4.08. The first-order valence-electron chi connectivity index (χ1n) is 8.64. The van der Waals surface area contributed by atoms with E-state index in [0.29, 0.717) is 11.4 Å². The van der Waals surface area contributed by atoms with Crippen molar-refractivity contribution in [2.24, 2.45) is 0 Å². The van der Waals surface area contributed by atoms with Crippen molar-refractivity contribution in [2.75, 3.05) is 23.7 Å². The number of methoxy groups -OCH3 is 2. The molecule has 0 fully saturated rings. The van der Waals surface area contributed by atoms with Crippen LogP contribution in [-0.2, 0) is 20.0 Å². The molecule has 0 bridgehead atoms. The molecule has 0 aliphatic rings. The first kappa shape index (κ1) is 22.7. The summed E-state index contributed by atoms with van der Waals surface area (Å²) in [5, 5.41) is -0.223. The minimum absolute atomic E-state index is 0.0833. The van der Waals surface area contributed by atoms with Gasteiger partial charge in [0.2, 0.25) is 0 Å². The second-order valence-corrected chi connectivity index (χ2v) is 9.79. The number of nitrogens with one attached hydrogen (secondary N) is 2. The fourth-order valence-corrected chi connectivity index (χ4v) is 5.18. The van der Waals surface area contributed by atoms with Crippen LogP contribution in [-0.4, -0.2) is 36.0 Å². The van der Waals surface area contributed by atoms with Crippen molar-refractivity contribution in [1.29, 1.82) is 0 Å². The largest absolute Gasteiger partial charge is 0.497 e. The second kappa shape index (κ2) is 9.00. The summed E-state index contributed by atoms with van der Waals surface area (Å²) in [4.78, 5) is 3.30. The SMILES string of the molecule is COc1ccc(NS(=O)(=O)c2ccc(OC)c(NS(=O)(=O)c3cccnc3Cl)c2)cc1. The van der Waals surface area contributed by atoms with E-state index in [0.717, 1.165) is 6.07 Å². The van der Waals surface area contributed by atoms with Gasteiger partial charge in [0.15, 0.2) is 0 Å². The maximum atomic E-state index is 12.8. The molecule has 3 aromatic rings.